The van der Waals surface area contributed by atoms with Gasteiger partial charge in [0.25, 0.3) is 0 Å². The van der Waals surface area contributed by atoms with E-state index in [-0.39, 0.29) is 0 Å². The van der Waals surface area contributed by atoms with Gasteiger partial charge < -0.3 is 5.32 Å². The van der Waals surface area contributed by atoms with E-state index >= 15 is 0 Å². The van der Waals surface area contributed by atoms with Crippen LogP contribution in [-0.4, -0.2) is 22.1 Å². The number of aryl methyl sites for hydroxylation is 2. The van der Waals surface area contributed by atoms with Gasteiger partial charge in [-0.25, -0.2) is 0 Å². The smallest absolute Gasteiger partial charge is 0.0702 e. The number of thioether (sulfide) groups is 1. The Bertz CT molecular complexity index is 550. The maximum atomic E-state index is 4.42. The summed E-state index contributed by atoms with van der Waals surface area (Å²) in [5, 5.41) is 8.03. The van der Waals surface area contributed by atoms with Gasteiger partial charge in [0.05, 0.1) is 12.2 Å². The normalized spacial score (nSPS) is 16.1. The molecule has 1 N–H and O–H groups in total. The van der Waals surface area contributed by atoms with Gasteiger partial charge in [0.2, 0.25) is 0 Å². The predicted molar refractivity (Wildman–Crippen MR) is 87.6 cm³/mol. The number of nitrogens with one attached hydrogen (secondary N) is 1. The van der Waals surface area contributed by atoms with Crippen molar-refractivity contribution in [1.82, 2.24) is 15.1 Å². The molecular weight excluding hydrogens is 286 g/mol. The van der Waals surface area contributed by atoms with Gasteiger partial charge >= 0.3 is 0 Å². The first-order chi connectivity index (χ1) is 9.81. The fourth-order valence-corrected chi connectivity index (χ4v) is 5.08. The molecule has 2 aromatic rings. The lowest BCUT2D eigenvalue weighted by atomic mass is 10.1. The zero-order chi connectivity index (χ0) is 13.9. The second-order valence-corrected chi connectivity index (χ2v) is 7.29. The van der Waals surface area contributed by atoms with Crippen molar-refractivity contribution in [3.63, 3.8) is 0 Å². The molecule has 1 aliphatic heterocycles. The average Bonchev–Trinajstić information content (AvgIpc) is 3.10. The highest BCUT2D eigenvalue weighted by atomic mass is 32.2. The van der Waals surface area contributed by atoms with Crippen LogP contribution in [-0.2, 0) is 18.7 Å². The van der Waals surface area contributed by atoms with E-state index in [1.54, 1.807) is 10.4 Å². The average molecular weight is 307 g/mol. The number of rotatable bonds is 5. The summed E-state index contributed by atoms with van der Waals surface area (Å²) >= 11 is 4.03. The topological polar surface area (TPSA) is 29.9 Å². The quantitative estimate of drug-likeness (QED) is 0.917. The van der Waals surface area contributed by atoms with E-state index < -0.39 is 0 Å². The standard InChI is InChI=1S/C15H21N3S2/c1-3-16-15(12-8-17-18(4-2)9-12)14-7-11-10-19-6-5-13(11)20-14/h7-9,15-16H,3-6,10H2,1-2H3. The molecule has 0 fully saturated rings. The molecule has 20 heavy (non-hydrogen) atoms. The summed E-state index contributed by atoms with van der Waals surface area (Å²) in [6.45, 7) is 6.19. The Balaban J connectivity index is 1.91. The Kier molecular flexibility index (Phi) is 4.48. The molecule has 108 valence electrons. The summed E-state index contributed by atoms with van der Waals surface area (Å²) in [6.07, 6.45) is 5.41. The first-order valence-electron chi connectivity index (χ1n) is 7.26. The summed E-state index contributed by atoms with van der Waals surface area (Å²) < 4.78 is 2.00. The van der Waals surface area contributed by atoms with E-state index in [1.165, 1.54) is 28.4 Å². The number of nitrogens with zero attached hydrogens (tertiary/aromatic N) is 2. The number of hydrogen-bond acceptors (Lipinski definition) is 4. The third-order valence-corrected chi connectivity index (χ3v) is 5.96. The highest BCUT2D eigenvalue weighted by molar-refractivity contribution is 7.98. The van der Waals surface area contributed by atoms with E-state index in [0.29, 0.717) is 6.04 Å². The van der Waals surface area contributed by atoms with Crippen LogP contribution in [0.25, 0.3) is 0 Å². The molecule has 2 aromatic heterocycles. The van der Waals surface area contributed by atoms with Gasteiger partial charge in [-0.2, -0.15) is 16.9 Å². The van der Waals surface area contributed by atoms with Crippen molar-refractivity contribution in [3.05, 3.63) is 39.3 Å². The van der Waals surface area contributed by atoms with Crippen LogP contribution >= 0.6 is 23.1 Å². The Labute approximate surface area is 128 Å². The Morgan fingerprint density at radius 1 is 1.45 bits per heavy atom. The van der Waals surface area contributed by atoms with Gasteiger partial charge in [-0.1, -0.05) is 6.92 Å². The van der Waals surface area contributed by atoms with Gasteiger partial charge in [-0.3, -0.25) is 4.68 Å². The molecule has 0 bridgehead atoms. The molecule has 0 saturated heterocycles. The van der Waals surface area contributed by atoms with Crippen LogP contribution in [0.1, 0.15) is 40.8 Å². The molecule has 3 heterocycles. The summed E-state index contributed by atoms with van der Waals surface area (Å²) in [4.78, 5) is 3.03. The van der Waals surface area contributed by atoms with Gasteiger partial charge in [-0.15, -0.1) is 11.3 Å². The maximum absolute atomic E-state index is 4.42. The monoisotopic (exact) mass is 307 g/mol. The Morgan fingerprint density at radius 3 is 3.05 bits per heavy atom. The molecule has 1 unspecified atom stereocenters. The number of aromatic nitrogens is 2. The molecular formula is C15H21N3S2. The number of thiophene rings is 1. The first-order valence-corrected chi connectivity index (χ1v) is 9.24. The fraction of sp³-hybridized carbons (Fsp3) is 0.533. The van der Waals surface area contributed by atoms with Crippen molar-refractivity contribution in [1.29, 1.82) is 0 Å². The molecule has 0 amide bonds. The Hall–Kier alpha value is -0.780. The zero-order valence-corrected chi connectivity index (χ0v) is 13.7. The lowest BCUT2D eigenvalue weighted by Gasteiger charge is -2.14. The van der Waals surface area contributed by atoms with Gasteiger partial charge in [0.1, 0.15) is 0 Å². The zero-order valence-electron chi connectivity index (χ0n) is 12.1. The molecule has 3 rings (SSSR count). The second-order valence-electron chi connectivity index (χ2n) is 5.02. The summed E-state index contributed by atoms with van der Waals surface area (Å²) in [7, 11) is 0. The van der Waals surface area contributed by atoms with Gasteiger partial charge in [-0.05, 0) is 37.3 Å². The number of hydrogen-bond donors (Lipinski definition) is 1. The van der Waals surface area contributed by atoms with Crippen LogP contribution in [0.3, 0.4) is 0 Å². The van der Waals surface area contributed by atoms with Crippen LogP contribution in [0, 0.1) is 0 Å². The van der Waals surface area contributed by atoms with Crippen molar-refractivity contribution in [2.45, 2.75) is 38.6 Å². The summed E-state index contributed by atoms with van der Waals surface area (Å²) in [5.74, 6) is 2.45. The fourth-order valence-electron chi connectivity index (χ4n) is 2.60. The first kappa shape index (κ1) is 14.2. The van der Waals surface area contributed by atoms with E-state index in [1.807, 2.05) is 34.0 Å². The molecule has 1 atom stereocenters. The van der Waals surface area contributed by atoms with Crippen molar-refractivity contribution < 1.29 is 0 Å². The number of fused-ring (bicyclic) bond motifs is 1. The minimum atomic E-state index is 0.293. The lowest BCUT2D eigenvalue weighted by Crippen LogP contribution is -2.20. The highest BCUT2D eigenvalue weighted by Gasteiger charge is 2.21. The lowest BCUT2D eigenvalue weighted by molar-refractivity contribution is 0.632. The molecule has 0 radical (unpaired) electrons. The van der Waals surface area contributed by atoms with Gasteiger partial charge in [0.15, 0.2) is 0 Å². The molecule has 3 nitrogen and oxygen atoms in total. The van der Waals surface area contributed by atoms with E-state index in [9.17, 15) is 0 Å². The van der Waals surface area contributed by atoms with Crippen molar-refractivity contribution >= 4 is 23.1 Å². The SMILES string of the molecule is CCNC(c1cnn(CC)c1)c1cc2c(s1)CCSC2. The molecule has 0 spiro atoms. The maximum Gasteiger partial charge on any atom is 0.0702 e. The van der Waals surface area contributed by atoms with Crippen molar-refractivity contribution in [2.24, 2.45) is 0 Å². The van der Waals surface area contributed by atoms with E-state index in [4.69, 9.17) is 0 Å². The minimum absolute atomic E-state index is 0.293. The molecule has 5 heteroatoms. The van der Waals surface area contributed by atoms with Crippen LogP contribution < -0.4 is 5.32 Å². The van der Waals surface area contributed by atoms with E-state index in [2.05, 4.69) is 36.5 Å². The molecule has 0 aromatic carbocycles. The van der Waals surface area contributed by atoms with Gasteiger partial charge in [0, 0.05) is 33.8 Å². The predicted octanol–water partition coefficient (Wildman–Crippen LogP) is 3.45. The van der Waals surface area contributed by atoms with E-state index in [0.717, 1.165) is 13.1 Å². The summed E-state index contributed by atoms with van der Waals surface area (Å²) in [6, 6.07) is 2.70. The molecule has 0 saturated carbocycles. The summed E-state index contributed by atoms with van der Waals surface area (Å²) in [5.41, 5.74) is 2.83. The van der Waals surface area contributed by atoms with Crippen molar-refractivity contribution in [3.8, 4) is 0 Å². The minimum Gasteiger partial charge on any atom is -0.306 e. The second kappa shape index (κ2) is 6.33. The van der Waals surface area contributed by atoms with Crippen LogP contribution in [0.4, 0.5) is 0 Å². The highest BCUT2D eigenvalue weighted by Crippen LogP contribution is 2.36. The molecule has 1 aliphatic rings. The van der Waals surface area contributed by atoms with Crippen LogP contribution in [0.15, 0.2) is 18.5 Å². The third-order valence-electron chi connectivity index (χ3n) is 3.65. The van der Waals surface area contributed by atoms with Crippen LogP contribution in [0.5, 0.6) is 0 Å². The largest absolute Gasteiger partial charge is 0.306 e. The molecule has 0 aliphatic carbocycles. The Morgan fingerprint density at radius 2 is 2.35 bits per heavy atom. The third kappa shape index (κ3) is 2.80. The van der Waals surface area contributed by atoms with Crippen LogP contribution in [0.2, 0.25) is 0 Å². The van der Waals surface area contributed by atoms with Crippen molar-refractivity contribution in [2.75, 3.05) is 12.3 Å².